The van der Waals surface area contributed by atoms with Crippen molar-refractivity contribution in [1.29, 1.82) is 0 Å². The van der Waals surface area contributed by atoms with Crippen molar-refractivity contribution in [3.8, 4) is 11.5 Å². The molecule has 1 aromatic heterocycles. The van der Waals surface area contributed by atoms with E-state index in [-0.39, 0.29) is 12.7 Å². The summed E-state index contributed by atoms with van der Waals surface area (Å²) in [6, 6.07) is 15.6. The topological polar surface area (TPSA) is 72.5 Å². The van der Waals surface area contributed by atoms with E-state index in [1.807, 2.05) is 30.3 Å². The number of ether oxygens (including phenoxy) is 2. The van der Waals surface area contributed by atoms with Crippen molar-refractivity contribution >= 4 is 11.6 Å². The predicted molar refractivity (Wildman–Crippen MR) is 106 cm³/mol. The maximum Gasteiger partial charge on any atom is 0.253 e. The summed E-state index contributed by atoms with van der Waals surface area (Å²) < 4.78 is 10.7. The number of nitrogens with zero attached hydrogens (tertiary/aromatic N) is 1. The van der Waals surface area contributed by atoms with Gasteiger partial charge >= 0.3 is 0 Å². The van der Waals surface area contributed by atoms with Crippen LogP contribution in [0.4, 0.5) is 5.69 Å². The van der Waals surface area contributed by atoms with E-state index in [0.717, 1.165) is 17.0 Å². The monoisotopic (exact) mass is 375 g/mol. The molecule has 0 saturated heterocycles. The van der Waals surface area contributed by atoms with Crippen molar-refractivity contribution in [2.24, 2.45) is 0 Å². The van der Waals surface area contributed by atoms with Crippen LogP contribution in [0, 0.1) is 6.92 Å². The summed E-state index contributed by atoms with van der Waals surface area (Å²) >= 11 is 0. The minimum atomic E-state index is -0.176. The highest BCUT2D eigenvalue weighted by atomic mass is 16.7. The molecule has 0 fully saturated rings. The molecule has 0 aliphatic carbocycles. The van der Waals surface area contributed by atoms with Gasteiger partial charge in [0.05, 0.1) is 11.3 Å². The molecule has 142 valence electrons. The molecule has 1 amide bonds. The van der Waals surface area contributed by atoms with E-state index in [1.54, 1.807) is 18.5 Å². The molecular formula is C22H21N3O3. The standard InChI is InChI=1S/C22H21N3O3/c1-15-4-2-3-5-17(15)12-24-19-9-18(11-23-13-19)22(26)25-10-16-6-7-20-21(8-16)28-14-27-20/h2-9,11,13,24H,10,12,14H2,1H3,(H,25,26). The summed E-state index contributed by atoms with van der Waals surface area (Å²) in [5.41, 5.74) is 4.69. The lowest BCUT2D eigenvalue weighted by molar-refractivity contribution is 0.0950. The number of nitrogens with one attached hydrogen (secondary N) is 2. The molecule has 6 heteroatoms. The summed E-state index contributed by atoms with van der Waals surface area (Å²) in [5, 5.41) is 6.24. The van der Waals surface area contributed by atoms with Crippen molar-refractivity contribution in [2.75, 3.05) is 12.1 Å². The molecule has 1 aliphatic rings. The second-order valence-corrected chi connectivity index (χ2v) is 6.61. The third-order valence-electron chi connectivity index (χ3n) is 4.63. The van der Waals surface area contributed by atoms with Crippen LogP contribution in [-0.4, -0.2) is 17.7 Å². The zero-order valence-corrected chi connectivity index (χ0v) is 15.6. The van der Waals surface area contributed by atoms with Gasteiger partial charge in [-0.05, 0) is 41.8 Å². The van der Waals surface area contributed by atoms with Gasteiger partial charge < -0.3 is 20.1 Å². The predicted octanol–water partition coefficient (Wildman–Crippen LogP) is 3.66. The lowest BCUT2D eigenvalue weighted by atomic mass is 10.1. The molecule has 2 aromatic carbocycles. The number of carbonyl (C=O) groups is 1. The van der Waals surface area contributed by atoms with E-state index in [0.29, 0.717) is 24.4 Å². The Bertz CT molecular complexity index is 1000. The van der Waals surface area contributed by atoms with Gasteiger partial charge in [-0.3, -0.25) is 9.78 Å². The number of benzene rings is 2. The summed E-state index contributed by atoms with van der Waals surface area (Å²) in [6.07, 6.45) is 3.28. The third-order valence-corrected chi connectivity index (χ3v) is 4.63. The smallest absolute Gasteiger partial charge is 0.253 e. The van der Waals surface area contributed by atoms with Crippen LogP contribution in [0.2, 0.25) is 0 Å². The molecule has 3 aromatic rings. The van der Waals surface area contributed by atoms with Crippen molar-refractivity contribution < 1.29 is 14.3 Å². The van der Waals surface area contributed by atoms with Crippen LogP contribution in [0.3, 0.4) is 0 Å². The molecular weight excluding hydrogens is 354 g/mol. The van der Waals surface area contributed by atoms with Crippen molar-refractivity contribution in [3.63, 3.8) is 0 Å². The van der Waals surface area contributed by atoms with Crippen LogP contribution in [0.25, 0.3) is 0 Å². The van der Waals surface area contributed by atoms with E-state index in [2.05, 4.69) is 34.7 Å². The van der Waals surface area contributed by atoms with E-state index in [4.69, 9.17) is 9.47 Å². The Labute approximate surface area is 163 Å². The van der Waals surface area contributed by atoms with Crippen LogP contribution in [-0.2, 0) is 13.1 Å². The number of aromatic nitrogens is 1. The van der Waals surface area contributed by atoms with Crippen LogP contribution in [0.15, 0.2) is 60.9 Å². The number of hydrogen-bond acceptors (Lipinski definition) is 5. The summed E-state index contributed by atoms with van der Waals surface area (Å²) in [4.78, 5) is 16.7. The molecule has 6 nitrogen and oxygen atoms in total. The normalized spacial score (nSPS) is 11.9. The fourth-order valence-electron chi connectivity index (χ4n) is 3.00. The Hall–Kier alpha value is -3.54. The number of carbonyl (C=O) groups excluding carboxylic acids is 1. The Morgan fingerprint density at radius 3 is 2.79 bits per heavy atom. The van der Waals surface area contributed by atoms with Gasteiger partial charge in [0.2, 0.25) is 6.79 Å². The average Bonchev–Trinajstić information content (AvgIpc) is 3.19. The van der Waals surface area contributed by atoms with Gasteiger partial charge in [0.15, 0.2) is 11.5 Å². The maximum atomic E-state index is 12.5. The maximum absolute atomic E-state index is 12.5. The zero-order valence-electron chi connectivity index (χ0n) is 15.6. The largest absolute Gasteiger partial charge is 0.454 e. The first-order valence-electron chi connectivity index (χ1n) is 9.09. The fourth-order valence-corrected chi connectivity index (χ4v) is 3.00. The van der Waals surface area contributed by atoms with Gasteiger partial charge in [-0.1, -0.05) is 30.3 Å². The second-order valence-electron chi connectivity index (χ2n) is 6.61. The van der Waals surface area contributed by atoms with Gasteiger partial charge in [0.25, 0.3) is 5.91 Å². The highest BCUT2D eigenvalue weighted by Gasteiger charge is 2.14. The number of amides is 1. The molecule has 0 saturated carbocycles. The van der Waals surface area contributed by atoms with Crippen LogP contribution >= 0.6 is 0 Å². The quantitative estimate of drug-likeness (QED) is 0.688. The number of pyridine rings is 1. The Morgan fingerprint density at radius 1 is 1.04 bits per heavy atom. The van der Waals surface area contributed by atoms with Crippen molar-refractivity contribution in [2.45, 2.75) is 20.0 Å². The first-order valence-corrected chi connectivity index (χ1v) is 9.09. The highest BCUT2D eigenvalue weighted by molar-refractivity contribution is 5.94. The molecule has 0 spiro atoms. The van der Waals surface area contributed by atoms with Crippen LogP contribution in [0.5, 0.6) is 11.5 Å². The first kappa shape index (κ1) is 17.9. The molecule has 28 heavy (non-hydrogen) atoms. The lowest BCUT2D eigenvalue weighted by Gasteiger charge is -2.10. The Morgan fingerprint density at radius 2 is 1.89 bits per heavy atom. The van der Waals surface area contributed by atoms with Gasteiger partial charge in [-0.25, -0.2) is 0 Å². The molecule has 2 heterocycles. The minimum Gasteiger partial charge on any atom is -0.454 e. The van der Waals surface area contributed by atoms with Crippen molar-refractivity contribution in [1.82, 2.24) is 10.3 Å². The summed E-state index contributed by atoms with van der Waals surface area (Å²) in [6.45, 7) is 3.39. The number of anilines is 1. The third kappa shape index (κ3) is 4.06. The summed E-state index contributed by atoms with van der Waals surface area (Å²) in [5.74, 6) is 1.26. The lowest BCUT2D eigenvalue weighted by Crippen LogP contribution is -2.23. The molecule has 0 unspecified atom stereocenters. The minimum absolute atomic E-state index is 0.176. The van der Waals surface area contributed by atoms with E-state index >= 15 is 0 Å². The highest BCUT2D eigenvalue weighted by Crippen LogP contribution is 2.32. The number of hydrogen-bond donors (Lipinski definition) is 2. The van der Waals surface area contributed by atoms with Gasteiger partial charge in [0.1, 0.15) is 0 Å². The van der Waals surface area contributed by atoms with Gasteiger partial charge in [-0.15, -0.1) is 0 Å². The van der Waals surface area contributed by atoms with Crippen LogP contribution < -0.4 is 20.1 Å². The zero-order chi connectivity index (χ0) is 19.3. The van der Waals surface area contributed by atoms with E-state index < -0.39 is 0 Å². The Balaban J connectivity index is 1.37. The second kappa shape index (κ2) is 8.00. The number of fused-ring (bicyclic) bond motifs is 1. The average molecular weight is 375 g/mol. The Kier molecular flexibility index (Phi) is 5.10. The van der Waals surface area contributed by atoms with Gasteiger partial charge in [-0.2, -0.15) is 0 Å². The molecule has 2 N–H and O–H groups in total. The van der Waals surface area contributed by atoms with E-state index in [9.17, 15) is 4.79 Å². The molecule has 0 atom stereocenters. The first-order chi connectivity index (χ1) is 13.7. The molecule has 0 radical (unpaired) electrons. The SMILES string of the molecule is Cc1ccccc1CNc1cncc(C(=O)NCc2ccc3c(c2)OCO3)c1. The molecule has 0 bridgehead atoms. The molecule has 4 rings (SSSR count). The van der Waals surface area contributed by atoms with Crippen LogP contribution in [0.1, 0.15) is 27.0 Å². The number of rotatable bonds is 6. The number of aryl methyl sites for hydroxylation is 1. The summed E-state index contributed by atoms with van der Waals surface area (Å²) in [7, 11) is 0. The van der Waals surface area contributed by atoms with E-state index in [1.165, 1.54) is 11.1 Å². The van der Waals surface area contributed by atoms with Crippen molar-refractivity contribution in [3.05, 3.63) is 83.2 Å². The molecule has 1 aliphatic heterocycles. The fraction of sp³-hybridized carbons (Fsp3) is 0.182. The van der Waals surface area contributed by atoms with Gasteiger partial charge in [0, 0.05) is 25.5 Å².